The van der Waals surface area contributed by atoms with Crippen LogP contribution in [0.3, 0.4) is 0 Å². The lowest BCUT2D eigenvalue weighted by atomic mass is 10.1. The van der Waals surface area contributed by atoms with Crippen molar-refractivity contribution in [2.24, 2.45) is 5.14 Å². The van der Waals surface area contributed by atoms with Crippen LogP contribution in [0.1, 0.15) is 11.1 Å². The normalized spacial score (nSPS) is 11.6. The standard InChI is InChI=1S/C8H12N2O3S/c9-14(12,13)10-5-7-2-1-3-8(4-7)6-11/h1-4,10-11H,5-6H2,(H2,9,12,13). The highest BCUT2D eigenvalue weighted by atomic mass is 32.2. The van der Waals surface area contributed by atoms with Gasteiger partial charge in [0.15, 0.2) is 0 Å². The van der Waals surface area contributed by atoms with Crippen LogP contribution >= 0.6 is 0 Å². The summed E-state index contributed by atoms with van der Waals surface area (Å²) in [4.78, 5) is 0. The van der Waals surface area contributed by atoms with Crippen molar-refractivity contribution in [3.8, 4) is 0 Å². The number of benzene rings is 1. The summed E-state index contributed by atoms with van der Waals surface area (Å²) in [7, 11) is -3.65. The van der Waals surface area contributed by atoms with Gasteiger partial charge in [0.25, 0.3) is 10.2 Å². The van der Waals surface area contributed by atoms with Crippen LogP contribution in [0.2, 0.25) is 0 Å². The number of nitrogens with two attached hydrogens (primary N) is 1. The number of aliphatic hydroxyl groups is 1. The van der Waals surface area contributed by atoms with Gasteiger partial charge in [0.1, 0.15) is 0 Å². The van der Waals surface area contributed by atoms with Crippen molar-refractivity contribution >= 4 is 10.2 Å². The fraction of sp³-hybridized carbons (Fsp3) is 0.250. The van der Waals surface area contributed by atoms with Gasteiger partial charge < -0.3 is 5.11 Å². The van der Waals surface area contributed by atoms with E-state index in [1.807, 2.05) is 0 Å². The Bertz CT molecular complexity index is 403. The van der Waals surface area contributed by atoms with E-state index in [2.05, 4.69) is 4.72 Å². The van der Waals surface area contributed by atoms with Gasteiger partial charge in [-0.1, -0.05) is 24.3 Å². The number of hydrogen-bond donors (Lipinski definition) is 3. The molecule has 0 amide bonds. The van der Waals surface area contributed by atoms with E-state index < -0.39 is 10.2 Å². The smallest absolute Gasteiger partial charge is 0.274 e. The molecule has 4 N–H and O–H groups in total. The third-order valence-electron chi connectivity index (χ3n) is 1.65. The van der Waals surface area contributed by atoms with Gasteiger partial charge in [-0.25, -0.2) is 5.14 Å². The zero-order valence-corrected chi connectivity index (χ0v) is 8.29. The molecule has 0 aliphatic rings. The predicted molar refractivity (Wildman–Crippen MR) is 52.3 cm³/mol. The highest BCUT2D eigenvalue weighted by molar-refractivity contribution is 7.87. The molecule has 14 heavy (non-hydrogen) atoms. The molecule has 1 aromatic carbocycles. The van der Waals surface area contributed by atoms with E-state index in [1.54, 1.807) is 24.3 Å². The van der Waals surface area contributed by atoms with Crippen LogP contribution in [0, 0.1) is 0 Å². The molecule has 0 heterocycles. The molecule has 0 bridgehead atoms. The van der Waals surface area contributed by atoms with Crippen LogP contribution in [0.25, 0.3) is 0 Å². The zero-order valence-electron chi connectivity index (χ0n) is 7.47. The van der Waals surface area contributed by atoms with Gasteiger partial charge in [-0.2, -0.15) is 13.1 Å². The van der Waals surface area contributed by atoms with Crippen LogP contribution in [0.15, 0.2) is 24.3 Å². The summed E-state index contributed by atoms with van der Waals surface area (Å²) in [5.74, 6) is 0. The average molecular weight is 216 g/mol. The Kier molecular flexibility index (Phi) is 3.59. The van der Waals surface area contributed by atoms with Crippen molar-refractivity contribution in [2.45, 2.75) is 13.2 Å². The van der Waals surface area contributed by atoms with Crippen molar-refractivity contribution in [1.29, 1.82) is 0 Å². The molecule has 0 aliphatic carbocycles. The monoisotopic (exact) mass is 216 g/mol. The highest BCUT2D eigenvalue weighted by Crippen LogP contribution is 2.04. The summed E-state index contributed by atoms with van der Waals surface area (Å²) < 4.78 is 23.3. The third kappa shape index (κ3) is 3.84. The summed E-state index contributed by atoms with van der Waals surface area (Å²) in [6.45, 7) is 0.0654. The molecule has 0 saturated heterocycles. The molecule has 0 fully saturated rings. The Balaban J connectivity index is 2.68. The van der Waals surface area contributed by atoms with E-state index >= 15 is 0 Å². The molecule has 0 spiro atoms. The Hall–Kier alpha value is -0.950. The number of aliphatic hydroxyl groups excluding tert-OH is 1. The zero-order chi connectivity index (χ0) is 10.6. The van der Waals surface area contributed by atoms with Crippen molar-refractivity contribution in [3.63, 3.8) is 0 Å². The molecule has 5 nitrogen and oxygen atoms in total. The molecular weight excluding hydrogens is 204 g/mol. The van der Waals surface area contributed by atoms with Gasteiger partial charge in [0, 0.05) is 6.54 Å². The van der Waals surface area contributed by atoms with Crippen LogP contribution in [0.4, 0.5) is 0 Å². The first-order valence-electron chi connectivity index (χ1n) is 3.97. The summed E-state index contributed by atoms with van der Waals surface area (Å²) in [6.07, 6.45) is 0. The minimum Gasteiger partial charge on any atom is -0.392 e. The highest BCUT2D eigenvalue weighted by Gasteiger charge is 2.01. The second kappa shape index (κ2) is 4.52. The third-order valence-corrected chi connectivity index (χ3v) is 2.20. The minimum absolute atomic E-state index is 0.0663. The molecule has 0 aromatic heterocycles. The van der Waals surface area contributed by atoms with Crippen LogP contribution < -0.4 is 9.86 Å². The lowest BCUT2D eigenvalue weighted by Gasteiger charge is -2.03. The molecule has 78 valence electrons. The topological polar surface area (TPSA) is 92.4 Å². The Morgan fingerprint density at radius 3 is 2.57 bits per heavy atom. The van der Waals surface area contributed by atoms with Crippen molar-refractivity contribution in [1.82, 2.24) is 4.72 Å². The predicted octanol–water partition coefficient (Wildman–Crippen LogP) is -0.528. The summed E-state index contributed by atoms with van der Waals surface area (Å²) >= 11 is 0. The van der Waals surface area contributed by atoms with Crippen molar-refractivity contribution in [3.05, 3.63) is 35.4 Å². The quantitative estimate of drug-likeness (QED) is 0.631. The molecule has 1 aromatic rings. The minimum atomic E-state index is -3.65. The first-order chi connectivity index (χ1) is 6.51. The summed E-state index contributed by atoms with van der Waals surface area (Å²) in [5.41, 5.74) is 1.49. The first-order valence-corrected chi connectivity index (χ1v) is 5.52. The number of rotatable bonds is 4. The molecule has 0 aliphatic heterocycles. The van der Waals surface area contributed by atoms with Crippen LogP contribution in [-0.2, 0) is 23.4 Å². The first kappa shape index (κ1) is 11.1. The fourth-order valence-corrected chi connectivity index (χ4v) is 1.39. The lowest BCUT2D eigenvalue weighted by Crippen LogP contribution is -2.30. The second-order valence-electron chi connectivity index (χ2n) is 2.84. The molecule has 0 saturated carbocycles. The summed E-state index contributed by atoms with van der Waals surface area (Å²) in [5, 5.41) is 13.6. The Morgan fingerprint density at radius 1 is 1.36 bits per heavy atom. The van der Waals surface area contributed by atoms with Gasteiger partial charge in [0.2, 0.25) is 0 Å². The number of nitrogens with one attached hydrogen (secondary N) is 1. The maximum absolute atomic E-state index is 10.6. The van der Waals surface area contributed by atoms with E-state index in [0.717, 1.165) is 11.1 Å². The molecule has 0 radical (unpaired) electrons. The van der Waals surface area contributed by atoms with E-state index in [9.17, 15) is 8.42 Å². The summed E-state index contributed by atoms with van der Waals surface area (Å²) in [6, 6.07) is 6.95. The van der Waals surface area contributed by atoms with Crippen LogP contribution in [0.5, 0.6) is 0 Å². The average Bonchev–Trinajstić information content (AvgIpc) is 2.14. The van der Waals surface area contributed by atoms with E-state index in [0.29, 0.717) is 0 Å². The van der Waals surface area contributed by atoms with Gasteiger partial charge in [-0.05, 0) is 11.1 Å². The second-order valence-corrected chi connectivity index (χ2v) is 4.22. The van der Waals surface area contributed by atoms with Gasteiger partial charge >= 0.3 is 0 Å². The molecule has 6 heteroatoms. The maximum Gasteiger partial charge on any atom is 0.274 e. The SMILES string of the molecule is NS(=O)(=O)NCc1cccc(CO)c1. The van der Waals surface area contributed by atoms with E-state index in [4.69, 9.17) is 10.2 Å². The lowest BCUT2D eigenvalue weighted by molar-refractivity contribution is 0.281. The fourth-order valence-electron chi connectivity index (χ4n) is 1.02. The number of hydrogen-bond acceptors (Lipinski definition) is 3. The molecule has 0 unspecified atom stereocenters. The van der Waals surface area contributed by atoms with E-state index in [1.165, 1.54) is 0 Å². The van der Waals surface area contributed by atoms with Crippen LogP contribution in [-0.4, -0.2) is 13.5 Å². The van der Waals surface area contributed by atoms with Crippen molar-refractivity contribution < 1.29 is 13.5 Å². The Morgan fingerprint density at radius 2 is 2.00 bits per heavy atom. The largest absolute Gasteiger partial charge is 0.392 e. The van der Waals surface area contributed by atoms with Gasteiger partial charge in [-0.15, -0.1) is 0 Å². The van der Waals surface area contributed by atoms with Gasteiger partial charge in [0.05, 0.1) is 6.61 Å². The maximum atomic E-state index is 10.6. The van der Waals surface area contributed by atoms with Crippen molar-refractivity contribution in [2.75, 3.05) is 0 Å². The molecular formula is C8H12N2O3S. The molecule has 0 atom stereocenters. The Labute approximate surface area is 82.7 Å². The molecule has 1 rings (SSSR count). The van der Waals surface area contributed by atoms with E-state index in [-0.39, 0.29) is 13.2 Å². The van der Waals surface area contributed by atoms with Gasteiger partial charge in [-0.3, -0.25) is 0 Å².